The van der Waals surface area contributed by atoms with Gasteiger partial charge in [-0.1, -0.05) is 11.6 Å². The van der Waals surface area contributed by atoms with Crippen LogP contribution in [0, 0.1) is 0 Å². The molecule has 0 aromatic heterocycles. The quantitative estimate of drug-likeness (QED) is 0.763. The van der Waals surface area contributed by atoms with Crippen LogP contribution in [0.1, 0.15) is 0 Å². The summed E-state index contributed by atoms with van der Waals surface area (Å²) in [6, 6.07) is 3.13. The van der Waals surface area contributed by atoms with Crippen LogP contribution in [0.4, 0.5) is 18.9 Å². The maximum Gasteiger partial charge on any atom is 0.573 e. The fourth-order valence-electron chi connectivity index (χ4n) is 0.787. The van der Waals surface area contributed by atoms with Crippen LogP contribution in [0.3, 0.4) is 0 Å². The Kier molecular flexibility index (Phi) is 3.07. The van der Waals surface area contributed by atoms with Crippen LogP contribution < -0.4 is 10.2 Å². The molecular weight excluding hydrogens is 223 g/mol. The zero-order chi connectivity index (χ0) is 10.8. The van der Waals surface area contributed by atoms with Gasteiger partial charge < -0.3 is 4.74 Å². The molecule has 0 aliphatic rings. The Morgan fingerprint density at radius 1 is 1.36 bits per heavy atom. The largest absolute Gasteiger partial charge is 0.573 e. The molecule has 0 radical (unpaired) electrons. The molecule has 0 spiro atoms. The highest BCUT2D eigenvalue weighted by Crippen LogP contribution is 2.29. The molecule has 0 aliphatic heterocycles. The summed E-state index contributed by atoms with van der Waals surface area (Å²) in [5.74, 6) is -0.460. The van der Waals surface area contributed by atoms with Crippen molar-refractivity contribution in [2.45, 2.75) is 6.36 Å². The van der Waals surface area contributed by atoms with E-state index in [2.05, 4.69) is 4.74 Å². The maximum absolute atomic E-state index is 11.7. The Labute approximate surface area is 82.0 Å². The van der Waals surface area contributed by atoms with Gasteiger partial charge in [-0.25, -0.2) is 0 Å². The Balaban J connectivity index is 2.90. The van der Waals surface area contributed by atoms with Crippen molar-refractivity contribution in [2.24, 2.45) is 0 Å². The third kappa shape index (κ3) is 2.97. The second-order valence-corrected chi connectivity index (χ2v) is 2.71. The number of halogens is 4. The van der Waals surface area contributed by atoms with E-state index in [-0.39, 0.29) is 10.7 Å². The first-order valence-electron chi connectivity index (χ1n) is 3.38. The number of ether oxygens (including phenoxy) is 1. The summed E-state index contributed by atoms with van der Waals surface area (Å²) in [4.78, 5) is 0. The normalized spacial score (nSPS) is 11.2. The average Bonchev–Trinajstić information content (AvgIpc) is 2.06. The van der Waals surface area contributed by atoms with Crippen molar-refractivity contribution < 1.29 is 23.1 Å². The highest BCUT2D eigenvalue weighted by atomic mass is 35.5. The van der Waals surface area contributed by atoms with E-state index in [1.165, 1.54) is 6.07 Å². The van der Waals surface area contributed by atoms with Crippen LogP contribution >= 0.6 is 11.6 Å². The van der Waals surface area contributed by atoms with Gasteiger partial charge in [-0.05, 0) is 12.1 Å². The minimum atomic E-state index is -4.76. The molecule has 1 aromatic carbocycles. The van der Waals surface area contributed by atoms with E-state index in [9.17, 15) is 13.2 Å². The summed E-state index contributed by atoms with van der Waals surface area (Å²) in [7, 11) is 0. The number of alkyl halides is 3. The number of rotatable bonds is 2. The molecule has 0 saturated heterocycles. The van der Waals surface area contributed by atoms with Crippen molar-refractivity contribution in [3.05, 3.63) is 23.2 Å². The van der Waals surface area contributed by atoms with Crippen molar-refractivity contribution in [1.82, 2.24) is 0 Å². The lowest BCUT2D eigenvalue weighted by molar-refractivity contribution is -0.274. The Morgan fingerprint density at radius 2 is 2.00 bits per heavy atom. The Morgan fingerprint density at radius 3 is 2.50 bits per heavy atom. The molecule has 14 heavy (non-hydrogen) atoms. The fourth-order valence-corrected chi connectivity index (χ4v) is 0.947. The van der Waals surface area contributed by atoms with Gasteiger partial charge in [-0.3, -0.25) is 10.7 Å². The zero-order valence-corrected chi connectivity index (χ0v) is 7.36. The number of nitrogens with one attached hydrogen (secondary N) is 1. The summed E-state index contributed by atoms with van der Waals surface area (Å²) in [6.07, 6.45) is -4.76. The van der Waals surface area contributed by atoms with E-state index in [1.807, 2.05) is 0 Å². The average molecular weight is 228 g/mol. The molecule has 1 aromatic rings. The molecule has 1 rings (SSSR count). The smallest absolute Gasteiger partial charge is 0.406 e. The van der Waals surface area contributed by atoms with E-state index in [0.29, 0.717) is 0 Å². The molecule has 0 fully saturated rings. The van der Waals surface area contributed by atoms with Gasteiger partial charge in [-0.2, -0.15) is 0 Å². The highest BCUT2D eigenvalue weighted by Gasteiger charge is 2.31. The first-order chi connectivity index (χ1) is 6.42. The fraction of sp³-hybridized carbons (Fsp3) is 0.143. The Hall–Kier alpha value is -1.14. The minimum Gasteiger partial charge on any atom is -0.406 e. The first-order valence-corrected chi connectivity index (χ1v) is 3.75. The second-order valence-electron chi connectivity index (χ2n) is 2.30. The van der Waals surface area contributed by atoms with Crippen LogP contribution in [-0.4, -0.2) is 11.6 Å². The summed E-state index contributed by atoms with van der Waals surface area (Å²) in [6.45, 7) is 0. The number of hydrogen-bond donors (Lipinski definition) is 2. The molecule has 0 unspecified atom stereocenters. The standard InChI is InChI=1S/C7H5ClF3NO2/c8-5-2-1-4(3-6(5)12-13)14-7(9,10)11/h1-3,12-13H. The van der Waals surface area contributed by atoms with Crippen molar-refractivity contribution >= 4 is 17.3 Å². The van der Waals surface area contributed by atoms with E-state index in [0.717, 1.165) is 12.1 Å². The molecule has 0 atom stereocenters. The summed E-state index contributed by atoms with van der Waals surface area (Å²) in [5.41, 5.74) is 1.58. The topological polar surface area (TPSA) is 41.5 Å². The van der Waals surface area contributed by atoms with Crippen molar-refractivity contribution in [2.75, 3.05) is 5.48 Å². The summed E-state index contributed by atoms with van der Waals surface area (Å²) >= 11 is 5.51. The van der Waals surface area contributed by atoms with E-state index >= 15 is 0 Å². The Bertz CT molecular complexity index is 329. The van der Waals surface area contributed by atoms with Gasteiger partial charge in [0.15, 0.2) is 0 Å². The van der Waals surface area contributed by atoms with Crippen LogP contribution in [0.15, 0.2) is 18.2 Å². The highest BCUT2D eigenvalue weighted by molar-refractivity contribution is 6.33. The van der Waals surface area contributed by atoms with Crippen molar-refractivity contribution in [1.29, 1.82) is 0 Å². The van der Waals surface area contributed by atoms with Gasteiger partial charge in [0, 0.05) is 6.07 Å². The predicted octanol–water partition coefficient (Wildman–Crippen LogP) is 3.04. The van der Waals surface area contributed by atoms with Gasteiger partial charge in [0.1, 0.15) is 5.75 Å². The van der Waals surface area contributed by atoms with Crippen LogP contribution in [0.5, 0.6) is 5.75 Å². The van der Waals surface area contributed by atoms with Gasteiger partial charge in [0.05, 0.1) is 10.7 Å². The summed E-state index contributed by atoms with van der Waals surface area (Å²) < 4.78 is 38.8. The third-order valence-electron chi connectivity index (χ3n) is 1.29. The number of benzene rings is 1. The minimum absolute atomic E-state index is 0.0617. The first kappa shape index (κ1) is 10.9. The van der Waals surface area contributed by atoms with Gasteiger partial charge >= 0.3 is 6.36 Å². The maximum atomic E-state index is 11.7. The van der Waals surface area contributed by atoms with Crippen LogP contribution in [0.2, 0.25) is 5.02 Å². The van der Waals surface area contributed by atoms with Crippen LogP contribution in [-0.2, 0) is 0 Å². The number of anilines is 1. The summed E-state index contributed by atoms with van der Waals surface area (Å²) in [5, 5.41) is 8.56. The molecule has 7 heteroatoms. The molecule has 0 amide bonds. The lowest BCUT2D eigenvalue weighted by Gasteiger charge is -2.10. The number of hydrogen-bond acceptors (Lipinski definition) is 3. The molecule has 78 valence electrons. The third-order valence-corrected chi connectivity index (χ3v) is 1.62. The molecule has 3 nitrogen and oxygen atoms in total. The van der Waals surface area contributed by atoms with Gasteiger partial charge in [-0.15, -0.1) is 13.2 Å². The second kappa shape index (κ2) is 3.93. The molecule has 0 saturated carbocycles. The van der Waals surface area contributed by atoms with E-state index in [1.54, 1.807) is 5.48 Å². The molecule has 0 bridgehead atoms. The zero-order valence-electron chi connectivity index (χ0n) is 6.60. The van der Waals surface area contributed by atoms with E-state index < -0.39 is 12.1 Å². The molecule has 0 heterocycles. The monoisotopic (exact) mass is 227 g/mol. The molecular formula is C7H5ClF3NO2. The lowest BCUT2D eigenvalue weighted by Crippen LogP contribution is -2.17. The van der Waals surface area contributed by atoms with Crippen LogP contribution in [0.25, 0.3) is 0 Å². The van der Waals surface area contributed by atoms with E-state index in [4.69, 9.17) is 16.8 Å². The van der Waals surface area contributed by atoms with Gasteiger partial charge in [0.2, 0.25) is 0 Å². The SMILES string of the molecule is ONc1cc(OC(F)(F)F)ccc1Cl. The molecule has 2 N–H and O–H groups in total. The predicted molar refractivity (Wildman–Crippen MR) is 43.5 cm³/mol. The van der Waals surface area contributed by atoms with Crippen molar-refractivity contribution in [3.63, 3.8) is 0 Å². The molecule has 0 aliphatic carbocycles. The van der Waals surface area contributed by atoms with Crippen molar-refractivity contribution in [3.8, 4) is 5.75 Å². The van der Waals surface area contributed by atoms with Gasteiger partial charge in [0.25, 0.3) is 0 Å². The lowest BCUT2D eigenvalue weighted by atomic mass is 10.3.